The van der Waals surface area contributed by atoms with E-state index in [4.69, 9.17) is 32.8 Å². The molecule has 3 heterocycles. The first-order chi connectivity index (χ1) is 18.2. The highest BCUT2D eigenvalue weighted by molar-refractivity contribution is 6.36. The quantitative estimate of drug-likeness (QED) is 0.286. The van der Waals surface area contributed by atoms with E-state index in [0.717, 1.165) is 36.2 Å². The highest BCUT2D eigenvalue weighted by Crippen LogP contribution is 2.40. The van der Waals surface area contributed by atoms with Gasteiger partial charge in [0.2, 0.25) is 5.95 Å². The summed E-state index contributed by atoms with van der Waals surface area (Å²) in [6.07, 6.45) is 4.23. The van der Waals surface area contributed by atoms with Gasteiger partial charge in [0.05, 0.1) is 35.4 Å². The molecule has 2 fully saturated rings. The molecule has 2 aromatic heterocycles. The number of alkyl carbamates (subject to hydrolysis) is 1. The molecule has 1 aromatic carbocycles. The number of anilines is 4. The van der Waals surface area contributed by atoms with Gasteiger partial charge in [0.1, 0.15) is 0 Å². The number of ether oxygens (including phenoxy) is 1. The summed E-state index contributed by atoms with van der Waals surface area (Å²) in [5.74, 6) is 1.02. The van der Waals surface area contributed by atoms with Crippen LogP contribution in [-0.4, -0.2) is 58.0 Å². The van der Waals surface area contributed by atoms with Crippen LogP contribution in [0.15, 0.2) is 18.3 Å². The molecule has 1 saturated heterocycles. The van der Waals surface area contributed by atoms with Crippen molar-refractivity contribution in [2.24, 2.45) is 16.9 Å². The Morgan fingerprint density at radius 3 is 2.68 bits per heavy atom. The van der Waals surface area contributed by atoms with E-state index in [1.807, 2.05) is 12.1 Å². The van der Waals surface area contributed by atoms with E-state index < -0.39 is 6.09 Å². The van der Waals surface area contributed by atoms with E-state index in [1.165, 1.54) is 7.11 Å². The zero-order chi connectivity index (χ0) is 27.0. The number of carbonyl (C=O) groups is 1. The van der Waals surface area contributed by atoms with Crippen LogP contribution in [0.2, 0.25) is 5.02 Å². The van der Waals surface area contributed by atoms with Crippen molar-refractivity contribution in [1.82, 2.24) is 24.9 Å². The number of nitrogens with two attached hydrogens (primary N) is 2. The lowest BCUT2D eigenvalue weighted by Gasteiger charge is -2.45. The van der Waals surface area contributed by atoms with Gasteiger partial charge in [-0.05, 0) is 37.0 Å². The van der Waals surface area contributed by atoms with E-state index in [0.29, 0.717) is 60.3 Å². The first-order valence-corrected chi connectivity index (χ1v) is 13.2. The van der Waals surface area contributed by atoms with E-state index in [1.54, 1.807) is 10.7 Å². The third kappa shape index (κ3) is 5.29. The lowest BCUT2D eigenvalue weighted by molar-refractivity contribution is 0.143. The van der Waals surface area contributed by atoms with Gasteiger partial charge in [-0.25, -0.2) is 14.3 Å². The standard InChI is InChI=1S/C25H35ClN10O2/c1-25(2)13-35(7-6-19(25)32-24(37)38-3)18-9-14(10-27)8-17(20(18)26)31-23-33-21(30-15-4-5-15)22-29-12-16(11-28)36(22)34-23/h8-9,12,15,19H,4-7,10-11,13,27-28H2,1-3H3,(H,32,37)(H2,30,31,33,34). The van der Waals surface area contributed by atoms with Crippen molar-refractivity contribution < 1.29 is 9.53 Å². The molecule has 1 amide bonds. The number of nitrogens with one attached hydrogen (secondary N) is 3. The molecule has 13 heteroatoms. The Kier molecular flexibility index (Phi) is 7.21. The predicted molar refractivity (Wildman–Crippen MR) is 148 cm³/mol. The zero-order valence-electron chi connectivity index (χ0n) is 21.9. The molecule has 0 spiro atoms. The first kappa shape index (κ1) is 26.3. The van der Waals surface area contributed by atoms with Crippen LogP contribution in [0.1, 0.15) is 44.4 Å². The first-order valence-electron chi connectivity index (χ1n) is 12.8. The number of benzene rings is 1. The average Bonchev–Trinajstić information content (AvgIpc) is 3.61. The Bertz CT molecular complexity index is 1340. The molecule has 0 radical (unpaired) electrons. The fraction of sp³-hybridized carbons (Fsp3) is 0.520. The average molecular weight is 543 g/mol. The van der Waals surface area contributed by atoms with Crippen LogP contribution in [-0.2, 0) is 17.8 Å². The fourth-order valence-electron chi connectivity index (χ4n) is 4.89. The van der Waals surface area contributed by atoms with E-state index in [9.17, 15) is 4.79 Å². The van der Waals surface area contributed by atoms with Crippen molar-refractivity contribution >= 4 is 46.5 Å². The van der Waals surface area contributed by atoms with Crippen LogP contribution < -0.4 is 32.3 Å². The van der Waals surface area contributed by atoms with Gasteiger partial charge in [-0.15, -0.1) is 5.10 Å². The molecule has 1 unspecified atom stereocenters. The van der Waals surface area contributed by atoms with Crippen molar-refractivity contribution in [2.75, 3.05) is 35.7 Å². The summed E-state index contributed by atoms with van der Waals surface area (Å²) in [5, 5.41) is 14.9. The molecular weight excluding hydrogens is 508 g/mol. The number of nitrogens with zero attached hydrogens (tertiary/aromatic N) is 5. The molecular formula is C25H35ClN10O2. The zero-order valence-corrected chi connectivity index (χ0v) is 22.7. The molecule has 1 aliphatic carbocycles. The maximum Gasteiger partial charge on any atom is 0.407 e. The molecule has 5 rings (SSSR count). The van der Waals surface area contributed by atoms with Gasteiger partial charge in [-0.2, -0.15) is 4.98 Å². The summed E-state index contributed by atoms with van der Waals surface area (Å²) < 4.78 is 6.52. The minimum Gasteiger partial charge on any atom is -0.453 e. The lowest BCUT2D eigenvalue weighted by atomic mass is 9.79. The Labute approximate surface area is 226 Å². The number of carbonyl (C=O) groups excluding carboxylic acids is 1. The Balaban J connectivity index is 1.46. The van der Waals surface area contributed by atoms with Gasteiger partial charge in [-0.1, -0.05) is 25.4 Å². The third-order valence-corrected chi connectivity index (χ3v) is 7.60. The van der Waals surface area contributed by atoms with Crippen LogP contribution in [0.4, 0.5) is 27.9 Å². The summed E-state index contributed by atoms with van der Waals surface area (Å²) in [6.45, 7) is 6.27. The number of methoxy groups -OCH3 is 1. The highest BCUT2D eigenvalue weighted by atomic mass is 35.5. The number of halogens is 1. The van der Waals surface area contributed by atoms with Gasteiger partial charge < -0.3 is 37.1 Å². The second kappa shape index (κ2) is 10.4. The largest absolute Gasteiger partial charge is 0.453 e. The summed E-state index contributed by atoms with van der Waals surface area (Å²) in [4.78, 5) is 23.3. The molecule has 0 bridgehead atoms. The van der Waals surface area contributed by atoms with Gasteiger partial charge in [0, 0.05) is 43.7 Å². The Morgan fingerprint density at radius 2 is 2.03 bits per heavy atom. The fourth-order valence-corrected chi connectivity index (χ4v) is 5.17. The summed E-state index contributed by atoms with van der Waals surface area (Å²) >= 11 is 7.00. The van der Waals surface area contributed by atoms with Gasteiger partial charge in [-0.3, -0.25) is 0 Å². The topological polar surface area (TPSA) is 161 Å². The Hall–Kier alpha value is -3.35. The van der Waals surface area contributed by atoms with Crippen molar-refractivity contribution in [3.63, 3.8) is 0 Å². The molecule has 3 aromatic rings. The highest BCUT2D eigenvalue weighted by Gasteiger charge is 2.38. The van der Waals surface area contributed by atoms with Gasteiger partial charge in [0.25, 0.3) is 0 Å². The van der Waals surface area contributed by atoms with Crippen LogP contribution in [0.3, 0.4) is 0 Å². The number of amides is 1. The van der Waals surface area contributed by atoms with Crippen LogP contribution in [0, 0.1) is 5.41 Å². The Morgan fingerprint density at radius 1 is 1.24 bits per heavy atom. The number of hydrogen-bond acceptors (Lipinski definition) is 10. The minimum absolute atomic E-state index is 0.0234. The lowest BCUT2D eigenvalue weighted by Crippen LogP contribution is -2.55. The number of fused-ring (bicyclic) bond motifs is 1. The third-order valence-electron chi connectivity index (χ3n) is 7.20. The molecule has 38 heavy (non-hydrogen) atoms. The molecule has 12 nitrogen and oxygen atoms in total. The number of rotatable bonds is 8. The minimum atomic E-state index is -0.422. The SMILES string of the molecule is COC(=O)NC1CCN(c2cc(CN)cc(Nc3nc(NC4CC4)c4ncc(CN)n4n3)c2Cl)CC1(C)C. The number of hydrogen-bond donors (Lipinski definition) is 5. The van der Waals surface area contributed by atoms with E-state index >= 15 is 0 Å². The van der Waals surface area contributed by atoms with E-state index in [-0.39, 0.29) is 11.5 Å². The smallest absolute Gasteiger partial charge is 0.407 e. The summed E-state index contributed by atoms with van der Waals surface area (Å²) in [7, 11) is 1.38. The van der Waals surface area contributed by atoms with Crippen LogP contribution in [0.5, 0.6) is 0 Å². The number of piperidine rings is 1. The number of aromatic nitrogens is 4. The van der Waals surface area contributed by atoms with Crippen molar-refractivity contribution in [3.05, 3.63) is 34.6 Å². The number of imidazole rings is 1. The molecule has 1 aliphatic heterocycles. The molecule has 7 N–H and O–H groups in total. The van der Waals surface area contributed by atoms with Crippen molar-refractivity contribution in [1.29, 1.82) is 0 Å². The van der Waals surface area contributed by atoms with Crippen LogP contribution >= 0.6 is 11.6 Å². The predicted octanol–water partition coefficient (Wildman–Crippen LogP) is 2.97. The monoisotopic (exact) mass is 542 g/mol. The maximum atomic E-state index is 11.8. The maximum absolute atomic E-state index is 11.8. The molecule has 204 valence electrons. The van der Waals surface area contributed by atoms with Crippen LogP contribution in [0.25, 0.3) is 5.65 Å². The molecule has 1 atom stereocenters. The second-order valence-corrected chi connectivity index (χ2v) is 11.0. The molecule has 2 aliphatic rings. The van der Waals surface area contributed by atoms with Crippen molar-refractivity contribution in [2.45, 2.75) is 58.3 Å². The molecule has 1 saturated carbocycles. The van der Waals surface area contributed by atoms with Gasteiger partial charge in [0.15, 0.2) is 11.5 Å². The van der Waals surface area contributed by atoms with Gasteiger partial charge >= 0.3 is 6.09 Å². The summed E-state index contributed by atoms with van der Waals surface area (Å²) in [5.41, 5.74) is 15.6. The second-order valence-electron chi connectivity index (χ2n) is 10.6. The van der Waals surface area contributed by atoms with E-state index in [2.05, 4.69) is 44.8 Å². The normalized spacial score (nSPS) is 18.9. The van der Waals surface area contributed by atoms with Crippen molar-refractivity contribution in [3.8, 4) is 0 Å². The summed E-state index contributed by atoms with van der Waals surface area (Å²) in [6, 6.07) is 4.30.